The maximum atomic E-state index is 12.7. The first-order valence-corrected chi connectivity index (χ1v) is 18.6. The highest BCUT2D eigenvalue weighted by atomic mass is 32.3. The van der Waals surface area contributed by atoms with E-state index in [-0.39, 0.29) is 48.7 Å². The van der Waals surface area contributed by atoms with E-state index >= 15 is 0 Å². The molecule has 268 valence electrons. The summed E-state index contributed by atoms with van der Waals surface area (Å²) in [6.45, 7) is 10.2. The van der Waals surface area contributed by atoms with Crippen molar-refractivity contribution >= 4 is 10.4 Å². The lowest BCUT2D eigenvalue weighted by Crippen LogP contribution is -2.69. The minimum Gasteiger partial charge on any atom is -0.394 e. The molecule has 5 fully saturated rings. The minimum atomic E-state index is -4.81. The van der Waals surface area contributed by atoms with Crippen LogP contribution in [-0.4, -0.2) is 107 Å². The van der Waals surface area contributed by atoms with E-state index in [1.165, 1.54) is 7.11 Å². The van der Waals surface area contributed by atoms with Crippen molar-refractivity contribution in [2.75, 3.05) is 13.7 Å². The van der Waals surface area contributed by atoms with Crippen molar-refractivity contribution in [3.05, 3.63) is 0 Å². The number of aliphatic hydroxyl groups excluding tert-OH is 4. The first kappa shape index (κ1) is 36.8. The topological polar surface area (TPSA) is 192 Å². The van der Waals surface area contributed by atoms with Crippen LogP contribution < -0.4 is 0 Å². The Balaban J connectivity index is 1.34. The first-order chi connectivity index (χ1) is 21.4. The normalized spacial score (nSPS) is 48.9. The molecule has 1 saturated heterocycles. The van der Waals surface area contributed by atoms with E-state index in [1.807, 2.05) is 13.8 Å². The summed E-state index contributed by atoms with van der Waals surface area (Å²) in [6.07, 6.45) is -1.04. The maximum Gasteiger partial charge on any atom is 0.397 e. The second-order valence-electron chi connectivity index (χ2n) is 16.2. The average molecular weight is 679 g/mol. The second-order valence-corrected chi connectivity index (χ2v) is 17.2. The number of aliphatic hydroxyl groups is 5. The predicted molar refractivity (Wildman–Crippen MR) is 167 cm³/mol. The molecule has 5 aliphatic rings. The van der Waals surface area contributed by atoms with Gasteiger partial charge in [-0.2, -0.15) is 8.42 Å². The molecule has 12 nitrogen and oxygen atoms in total. The maximum absolute atomic E-state index is 12.7. The molecule has 1 heterocycles. The van der Waals surface area contributed by atoms with E-state index in [1.54, 1.807) is 0 Å². The first-order valence-electron chi connectivity index (χ1n) is 17.3. The van der Waals surface area contributed by atoms with Crippen LogP contribution in [0.3, 0.4) is 0 Å². The lowest BCUT2D eigenvalue weighted by molar-refractivity contribution is -0.260. The van der Waals surface area contributed by atoms with Gasteiger partial charge in [-0.1, -0.05) is 34.6 Å². The van der Waals surface area contributed by atoms with Gasteiger partial charge in [0.1, 0.15) is 18.3 Å². The third-order valence-electron chi connectivity index (χ3n) is 13.3. The van der Waals surface area contributed by atoms with Crippen LogP contribution in [0.1, 0.15) is 92.4 Å². The zero-order valence-corrected chi connectivity index (χ0v) is 29.0. The monoisotopic (exact) mass is 678 g/mol. The van der Waals surface area contributed by atoms with Crippen LogP contribution >= 0.6 is 0 Å². The number of ether oxygens (including phenoxy) is 3. The Labute approximate surface area is 274 Å². The quantitative estimate of drug-likeness (QED) is 0.175. The summed E-state index contributed by atoms with van der Waals surface area (Å²) >= 11 is 0. The van der Waals surface area contributed by atoms with E-state index in [0.717, 1.165) is 12.8 Å². The van der Waals surface area contributed by atoms with E-state index in [9.17, 15) is 38.5 Å². The van der Waals surface area contributed by atoms with E-state index in [2.05, 4.69) is 20.8 Å². The molecule has 0 bridgehead atoms. The molecule has 0 aromatic heterocycles. The van der Waals surface area contributed by atoms with Crippen molar-refractivity contribution in [1.82, 2.24) is 0 Å². The van der Waals surface area contributed by atoms with Crippen LogP contribution in [0.25, 0.3) is 0 Å². The molecule has 4 saturated carbocycles. The largest absolute Gasteiger partial charge is 0.397 e. The van der Waals surface area contributed by atoms with Gasteiger partial charge < -0.3 is 39.7 Å². The van der Waals surface area contributed by atoms with Crippen molar-refractivity contribution in [2.24, 2.45) is 46.3 Å². The average Bonchev–Trinajstić information content (AvgIpc) is 3.42. The molecule has 13 heteroatoms. The molecule has 16 atom stereocenters. The number of hydrogen-bond acceptors (Lipinski definition) is 11. The molecule has 1 aliphatic heterocycles. The van der Waals surface area contributed by atoms with E-state index < -0.39 is 75.7 Å². The van der Waals surface area contributed by atoms with Gasteiger partial charge in [0.2, 0.25) is 0 Å². The molecule has 0 amide bonds. The van der Waals surface area contributed by atoms with Crippen molar-refractivity contribution in [3.63, 3.8) is 0 Å². The Kier molecular flexibility index (Phi) is 10.7. The zero-order valence-electron chi connectivity index (χ0n) is 28.2. The van der Waals surface area contributed by atoms with Gasteiger partial charge in [-0.05, 0) is 91.8 Å². The number of rotatable bonds is 11. The molecule has 46 heavy (non-hydrogen) atoms. The molecule has 6 N–H and O–H groups in total. The zero-order chi connectivity index (χ0) is 34.0. The fraction of sp³-hybridized carbons (Fsp3) is 1.00. The van der Waals surface area contributed by atoms with Crippen molar-refractivity contribution in [3.8, 4) is 0 Å². The Bertz CT molecular complexity index is 1170. The SMILES string of the molecule is CO[C@@H]1[C@@H](O)[C@H](O[C@@H](CC[C@@H](C)[C@H]2C[C@H](O)[C@@H]3[C@]2(C)CC[C@@H]2[C@@]4(C)CC[C@H](O)C[C@@H]4[C@@H](OS(=O)(=O)O)C[C@]23O)C(C)C)O[C@H]1CO. The van der Waals surface area contributed by atoms with Crippen LogP contribution in [0.2, 0.25) is 0 Å². The minimum absolute atomic E-state index is 0.0346. The summed E-state index contributed by atoms with van der Waals surface area (Å²) in [4.78, 5) is 0. The lowest BCUT2D eigenvalue weighted by atomic mass is 9.42. The van der Waals surface area contributed by atoms with Crippen LogP contribution in [0.4, 0.5) is 0 Å². The summed E-state index contributed by atoms with van der Waals surface area (Å²) < 4.78 is 56.3. The summed E-state index contributed by atoms with van der Waals surface area (Å²) in [7, 11) is -3.35. The smallest absolute Gasteiger partial charge is 0.394 e. The molecule has 0 aromatic rings. The summed E-state index contributed by atoms with van der Waals surface area (Å²) in [6, 6.07) is 0. The van der Waals surface area contributed by atoms with Gasteiger partial charge in [0, 0.05) is 19.4 Å². The fourth-order valence-electron chi connectivity index (χ4n) is 11.2. The van der Waals surface area contributed by atoms with Gasteiger partial charge >= 0.3 is 10.4 Å². The van der Waals surface area contributed by atoms with Crippen molar-refractivity contribution in [1.29, 1.82) is 0 Å². The molecular formula is C33H58O12S. The molecule has 0 unspecified atom stereocenters. The van der Waals surface area contributed by atoms with Crippen LogP contribution in [0.5, 0.6) is 0 Å². The number of hydrogen-bond donors (Lipinski definition) is 6. The molecule has 4 aliphatic carbocycles. The highest BCUT2D eigenvalue weighted by molar-refractivity contribution is 7.80. The van der Waals surface area contributed by atoms with E-state index in [4.69, 9.17) is 18.4 Å². The summed E-state index contributed by atoms with van der Waals surface area (Å²) in [5, 5.41) is 55.3. The highest BCUT2D eigenvalue weighted by Gasteiger charge is 2.71. The third-order valence-corrected chi connectivity index (χ3v) is 13.8. The van der Waals surface area contributed by atoms with Crippen LogP contribution in [-0.2, 0) is 28.8 Å². The van der Waals surface area contributed by atoms with Gasteiger partial charge in [-0.15, -0.1) is 0 Å². The van der Waals surface area contributed by atoms with Gasteiger partial charge in [0.05, 0.1) is 36.6 Å². The fourth-order valence-corrected chi connectivity index (χ4v) is 11.8. The van der Waals surface area contributed by atoms with Gasteiger partial charge in [-0.25, -0.2) is 4.18 Å². The highest BCUT2D eigenvalue weighted by Crippen LogP contribution is 2.70. The van der Waals surface area contributed by atoms with Crippen LogP contribution in [0, 0.1) is 46.3 Å². The summed E-state index contributed by atoms with van der Waals surface area (Å²) in [5.74, 6) is -0.726. The van der Waals surface area contributed by atoms with Gasteiger partial charge in [0.15, 0.2) is 6.29 Å². The van der Waals surface area contributed by atoms with Gasteiger partial charge in [0.25, 0.3) is 0 Å². The molecular weight excluding hydrogens is 620 g/mol. The Morgan fingerprint density at radius 1 is 1.00 bits per heavy atom. The molecule has 0 aromatic carbocycles. The molecule has 0 radical (unpaired) electrons. The van der Waals surface area contributed by atoms with Crippen molar-refractivity contribution in [2.45, 2.75) is 147 Å². The van der Waals surface area contributed by atoms with Gasteiger partial charge in [-0.3, -0.25) is 4.55 Å². The van der Waals surface area contributed by atoms with E-state index in [0.29, 0.717) is 38.5 Å². The third kappa shape index (κ3) is 6.45. The molecule has 0 spiro atoms. The Hall–Kier alpha value is -0.450. The van der Waals surface area contributed by atoms with Crippen molar-refractivity contribution < 1.29 is 56.9 Å². The number of fused-ring (bicyclic) bond motifs is 5. The summed E-state index contributed by atoms with van der Waals surface area (Å²) in [5.41, 5.74) is -2.37. The second kappa shape index (κ2) is 13.4. The Morgan fingerprint density at radius 2 is 1.67 bits per heavy atom. The van der Waals surface area contributed by atoms with Crippen LogP contribution in [0.15, 0.2) is 0 Å². The number of methoxy groups -OCH3 is 1. The predicted octanol–water partition coefficient (Wildman–Crippen LogP) is 2.44. The lowest BCUT2D eigenvalue weighted by Gasteiger charge is -2.66. The Morgan fingerprint density at radius 3 is 2.26 bits per heavy atom. The molecule has 5 rings (SSSR count). The standard InChI is InChI=1S/C33H58O12S/c1-17(2)23(43-30-27(37)28(42-6)25(16-34)44-30)8-7-18(3)20-14-22(36)29-32(20,5)12-10-26-31(4)11-9-19(35)13-21(31)24(15-33(26,29)38)45-46(39,40)41/h17-30,34-38H,7-16H2,1-6H3,(H,39,40,41)/t18-,19+,20-,21-,22+,23+,24+,25+,26-,27-,28+,29-,30-,31+,32-,33+/m1/s1.